The van der Waals surface area contributed by atoms with E-state index in [1.54, 1.807) is 19.1 Å². The summed E-state index contributed by atoms with van der Waals surface area (Å²) >= 11 is 0. The molecule has 1 fully saturated rings. The molecule has 2 rings (SSSR count). The fraction of sp³-hybridized carbons (Fsp3) is 0.571. The summed E-state index contributed by atoms with van der Waals surface area (Å²) < 4.78 is 18.8. The van der Waals surface area contributed by atoms with Crippen LogP contribution in [0.1, 0.15) is 24.2 Å². The van der Waals surface area contributed by atoms with Gasteiger partial charge in [-0.25, -0.2) is 4.39 Å². The Kier molecular flexibility index (Phi) is 4.32. The minimum atomic E-state index is -0.696. The van der Waals surface area contributed by atoms with Crippen molar-refractivity contribution in [2.45, 2.75) is 26.1 Å². The molecule has 0 bridgehead atoms. The minimum absolute atomic E-state index is 0.233. The molecule has 3 nitrogen and oxygen atoms in total. The molecule has 18 heavy (non-hydrogen) atoms. The first-order chi connectivity index (χ1) is 8.61. The lowest BCUT2D eigenvalue weighted by molar-refractivity contribution is -0.0889. The summed E-state index contributed by atoms with van der Waals surface area (Å²) in [6, 6.07) is 4.71. The van der Waals surface area contributed by atoms with Gasteiger partial charge in [0.1, 0.15) is 18.0 Å². The summed E-state index contributed by atoms with van der Waals surface area (Å²) in [5.74, 6) is -0.245. The van der Waals surface area contributed by atoms with Gasteiger partial charge in [-0.3, -0.25) is 4.90 Å². The number of benzene rings is 1. The highest BCUT2D eigenvalue weighted by Gasteiger charge is 2.27. The minimum Gasteiger partial charge on any atom is -0.386 e. The lowest BCUT2D eigenvalue weighted by Crippen LogP contribution is -2.44. The SMILES string of the molecule is CCN1CCOC(C(O)c2ccc(F)c(C)c2)C1. The highest BCUT2D eigenvalue weighted by Crippen LogP contribution is 2.23. The quantitative estimate of drug-likeness (QED) is 0.893. The fourth-order valence-corrected chi connectivity index (χ4v) is 2.28. The number of rotatable bonds is 3. The molecule has 1 N–H and O–H groups in total. The molecule has 0 spiro atoms. The zero-order chi connectivity index (χ0) is 13.1. The summed E-state index contributed by atoms with van der Waals surface area (Å²) in [6.07, 6.45) is -0.929. The van der Waals surface area contributed by atoms with Crippen molar-refractivity contribution >= 4 is 0 Å². The second kappa shape index (κ2) is 5.78. The van der Waals surface area contributed by atoms with E-state index in [4.69, 9.17) is 4.74 Å². The largest absolute Gasteiger partial charge is 0.386 e. The Morgan fingerprint density at radius 1 is 1.56 bits per heavy atom. The molecule has 0 amide bonds. The Hall–Kier alpha value is -0.970. The van der Waals surface area contributed by atoms with E-state index in [-0.39, 0.29) is 11.9 Å². The molecule has 2 unspecified atom stereocenters. The lowest BCUT2D eigenvalue weighted by Gasteiger charge is -2.34. The summed E-state index contributed by atoms with van der Waals surface area (Å²) in [6.45, 7) is 7.00. The Morgan fingerprint density at radius 3 is 3.00 bits per heavy atom. The van der Waals surface area contributed by atoms with Crippen LogP contribution < -0.4 is 0 Å². The topological polar surface area (TPSA) is 32.7 Å². The standard InChI is InChI=1S/C14H20FNO2/c1-3-16-6-7-18-13(9-16)14(17)11-4-5-12(15)10(2)8-11/h4-5,8,13-14,17H,3,6-7,9H2,1-2H3. The van der Waals surface area contributed by atoms with E-state index >= 15 is 0 Å². The highest BCUT2D eigenvalue weighted by atomic mass is 19.1. The number of morpholine rings is 1. The Labute approximate surface area is 107 Å². The van der Waals surface area contributed by atoms with Gasteiger partial charge in [0.05, 0.1) is 6.61 Å². The monoisotopic (exact) mass is 253 g/mol. The van der Waals surface area contributed by atoms with Crippen molar-refractivity contribution in [3.63, 3.8) is 0 Å². The highest BCUT2D eigenvalue weighted by molar-refractivity contribution is 5.26. The molecule has 0 aliphatic carbocycles. The number of ether oxygens (including phenoxy) is 1. The van der Waals surface area contributed by atoms with Crippen LogP contribution in [-0.2, 0) is 4.74 Å². The zero-order valence-electron chi connectivity index (χ0n) is 10.9. The number of aliphatic hydroxyl groups excluding tert-OH is 1. The smallest absolute Gasteiger partial charge is 0.126 e. The van der Waals surface area contributed by atoms with Crippen LogP contribution in [0.15, 0.2) is 18.2 Å². The van der Waals surface area contributed by atoms with Gasteiger partial charge in [-0.15, -0.1) is 0 Å². The van der Waals surface area contributed by atoms with Crippen molar-refractivity contribution in [1.82, 2.24) is 4.90 Å². The molecular weight excluding hydrogens is 233 g/mol. The van der Waals surface area contributed by atoms with Crippen LogP contribution in [0.4, 0.5) is 4.39 Å². The molecule has 1 aliphatic heterocycles. The first-order valence-electron chi connectivity index (χ1n) is 6.40. The molecule has 100 valence electrons. The van der Waals surface area contributed by atoms with Gasteiger partial charge in [0.15, 0.2) is 0 Å². The second-order valence-electron chi connectivity index (χ2n) is 4.76. The van der Waals surface area contributed by atoms with Crippen molar-refractivity contribution in [3.8, 4) is 0 Å². The Balaban J connectivity index is 2.10. The predicted molar refractivity (Wildman–Crippen MR) is 68.0 cm³/mol. The molecule has 4 heteroatoms. The lowest BCUT2D eigenvalue weighted by atomic mass is 10.0. The summed E-state index contributed by atoms with van der Waals surface area (Å²) in [5.41, 5.74) is 1.27. The number of hydrogen-bond donors (Lipinski definition) is 1. The van der Waals surface area contributed by atoms with E-state index in [0.717, 1.165) is 18.7 Å². The number of halogens is 1. The van der Waals surface area contributed by atoms with Crippen molar-refractivity contribution in [2.75, 3.05) is 26.2 Å². The average molecular weight is 253 g/mol. The molecule has 1 saturated heterocycles. The van der Waals surface area contributed by atoms with Crippen LogP contribution in [0.3, 0.4) is 0 Å². The predicted octanol–water partition coefficient (Wildman–Crippen LogP) is 1.89. The number of aryl methyl sites for hydroxylation is 1. The third-order valence-electron chi connectivity index (χ3n) is 3.50. The zero-order valence-corrected chi connectivity index (χ0v) is 10.9. The first-order valence-corrected chi connectivity index (χ1v) is 6.40. The van der Waals surface area contributed by atoms with Crippen molar-refractivity contribution in [3.05, 3.63) is 35.1 Å². The second-order valence-corrected chi connectivity index (χ2v) is 4.76. The van der Waals surface area contributed by atoms with Gasteiger partial charge in [-0.2, -0.15) is 0 Å². The van der Waals surface area contributed by atoms with E-state index in [0.29, 0.717) is 18.7 Å². The van der Waals surface area contributed by atoms with Crippen LogP contribution >= 0.6 is 0 Å². The van der Waals surface area contributed by atoms with Crippen LogP contribution in [0, 0.1) is 12.7 Å². The first kappa shape index (κ1) is 13.5. The van der Waals surface area contributed by atoms with Crippen LogP contribution in [-0.4, -0.2) is 42.4 Å². The van der Waals surface area contributed by atoms with Crippen LogP contribution in [0.25, 0.3) is 0 Å². The van der Waals surface area contributed by atoms with E-state index in [9.17, 15) is 9.50 Å². The Morgan fingerprint density at radius 2 is 2.33 bits per heavy atom. The van der Waals surface area contributed by atoms with E-state index in [1.165, 1.54) is 6.07 Å². The number of hydrogen-bond acceptors (Lipinski definition) is 3. The summed E-state index contributed by atoms with van der Waals surface area (Å²) in [4.78, 5) is 2.24. The maximum absolute atomic E-state index is 13.2. The normalized spacial score (nSPS) is 23.0. The van der Waals surface area contributed by atoms with Gasteiger partial charge < -0.3 is 9.84 Å². The molecule has 1 aromatic rings. The van der Waals surface area contributed by atoms with E-state index < -0.39 is 6.10 Å². The van der Waals surface area contributed by atoms with Gasteiger partial charge in [0, 0.05) is 13.1 Å². The third-order valence-corrected chi connectivity index (χ3v) is 3.50. The number of aliphatic hydroxyl groups is 1. The van der Waals surface area contributed by atoms with Crippen molar-refractivity contribution in [2.24, 2.45) is 0 Å². The number of likely N-dealkylation sites (N-methyl/N-ethyl adjacent to an activating group) is 1. The van der Waals surface area contributed by atoms with Crippen molar-refractivity contribution < 1.29 is 14.2 Å². The van der Waals surface area contributed by atoms with E-state index in [2.05, 4.69) is 11.8 Å². The summed E-state index contributed by atoms with van der Waals surface area (Å²) in [7, 11) is 0. The maximum atomic E-state index is 13.2. The van der Waals surface area contributed by atoms with E-state index in [1.807, 2.05) is 0 Å². The van der Waals surface area contributed by atoms with Gasteiger partial charge in [0.25, 0.3) is 0 Å². The maximum Gasteiger partial charge on any atom is 0.126 e. The molecule has 1 aliphatic rings. The average Bonchev–Trinajstić information content (AvgIpc) is 2.41. The van der Waals surface area contributed by atoms with Crippen LogP contribution in [0.5, 0.6) is 0 Å². The van der Waals surface area contributed by atoms with Crippen LogP contribution in [0.2, 0.25) is 0 Å². The summed E-state index contributed by atoms with van der Waals surface area (Å²) in [5, 5.41) is 10.3. The van der Waals surface area contributed by atoms with Gasteiger partial charge in [-0.1, -0.05) is 19.1 Å². The molecular formula is C14H20FNO2. The third kappa shape index (κ3) is 2.88. The number of nitrogens with zero attached hydrogens (tertiary/aromatic N) is 1. The van der Waals surface area contributed by atoms with Gasteiger partial charge in [0.2, 0.25) is 0 Å². The molecule has 1 heterocycles. The fourth-order valence-electron chi connectivity index (χ4n) is 2.28. The van der Waals surface area contributed by atoms with Gasteiger partial charge in [-0.05, 0) is 30.7 Å². The van der Waals surface area contributed by atoms with Crippen molar-refractivity contribution in [1.29, 1.82) is 0 Å². The molecule has 0 saturated carbocycles. The van der Waals surface area contributed by atoms with Gasteiger partial charge >= 0.3 is 0 Å². The molecule has 0 radical (unpaired) electrons. The molecule has 0 aromatic heterocycles. The Bertz CT molecular complexity index is 411. The molecule has 1 aromatic carbocycles. The molecule has 2 atom stereocenters.